The van der Waals surface area contributed by atoms with Gasteiger partial charge in [0.05, 0.1) is 12.7 Å². The first-order valence-electron chi connectivity index (χ1n) is 9.69. The Morgan fingerprint density at radius 3 is 2.45 bits per heavy atom. The molecular formula is C25H24N2O2. The molecule has 4 nitrogen and oxygen atoms in total. The van der Waals surface area contributed by atoms with Crippen LogP contribution in [0, 0.1) is 6.92 Å². The number of carbonyl (C=O) groups is 1. The molecule has 29 heavy (non-hydrogen) atoms. The van der Waals surface area contributed by atoms with Gasteiger partial charge in [-0.05, 0) is 53.4 Å². The zero-order chi connectivity index (χ0) is 20.4. The summed E-state index contributed by atoms with van der Waals surface area (Å²) in [6.45, 7) is 2.68. The van der Waals surface area contributed by atoms with Gasteiger partial charge in [0.15, 0.2) is 0 Å². The summed E-state index contributed by atoms with van der Waals surface area (Å²) in [4.78, 5) is 12.0. The minimum Gasteiger partial charge on any atom is -0.496 e. The van der Waals surface area contributed by atoms with Crippen LogP contribution in [0.3, 0.4) is 0 Å². The fraction of sp³-hybridized carbons (Fsp3) is 0.160. The monoisotopic (exact) mass is 384 g/mol. The summed E-state index contributed by atoms with van der Waals surface area (Å²) in [6.07, 6.45) is 0.790. The molecular weight excluding hydrogens is 360 g/mol. The van der Waals surface area contributed by atoms with Crippen molar-refractivity contribution in [1.82, 2.24) is 4.57 Å². The van der Waals surface area contributed by atoms with Gasteiger partial charge in [-0.25, -0.2) is 0 Å². The summed E-state index contributed by atoms with van der Waals surface area (Å²) in [5.74, 6) is 0.472. The second-order valence-electron chi connectivity index (χ2n) is 7.17. The second kappa shape index (κ2) is 7.84. The molecule has 146 valence electrons. The van der Waals surface area contributed by atoms with E-state index in [0.29, 0.717) is 5.56 Å². The van der Waals surface area contributed by atoms with Gasteiger partial charge in [-0.3, -0.25) is 4.79 Å². The molecule has 0 radical (unpaired) electrons. The lowest BCUT2D eigenvalue weighted by molar-refractivity contribution is 0.0999. The number of amides is 1. The first-order valence-corrected chi connectivity index (χ1v) is 9.69. The van der Waals surface area contributed by atoms with Gasteiger partial charge < -0.3 is 15.0 Å². The van der Waals surface area contributed by atoms with Crippen molar-refractivity contribution in [2.75, 3.05) is 7.11 Å². The first-order chi connectivity index (χ1) is 14.1. The van der Waals surface area contributed by atoms with Crippen molar-refractivity contribution in [3.63, 3.8) is 0 Å². The Bertz CT molecular complexity index is 1190. The molecule has 0 aliphatic heterocycles. The number of ether oxygens (including phenoxy) is 1. The highest BCUT2D eigenvalue weighted by atomic mass is 16.5. The molecule has 0 aliphatic rings. The van der Waals surface area contributed by atoms with E-state index in [0.717, 1.165) is 41.2 Å². The molecule has 0 aliphatic carbocycles. The third kappa shape index (κ3) is 3.61. The fourth-order valence-electron chi connectivity index (χ4n) is 3.91. The van der Waals surface area contributed by atoms with Crippen LogP contribution in [0.1, 0.15) is 21.6 Å². The molecule has 4 heteroatoms. The molecule has 0 atom stereocenters. The van der Waals surface area contributed by atoms with Crippen molar-refractivity contribution >= 4 is 16.7 Å². The van der Waals surface area contributed by atoms with E-state index in [9.17, 15) is 4.79 Å². The van der Waals surface area contributed by atoms with Gasteiger partial charge in [0.2, 0.25) is 0 Å². The van der Waals surface area contributed by atoms with Gasteiger partial charge in [-0.15, -0.1) is 0 Å². The highest BCUT2D eigenvalue weighted by Crippen LogP contribution is 2.29. The number of fused-ring (bicyclic) bond motifs is 1. The summed E-state index contributed by atoms with van der Waals surface area (Å²) in [5, 5.41) is 2.36. The van der Waals surface area contributed by atoms with Crippen LogP contribution in [-0.2, 0) is 13.0 Å². The van der Waals surface area contributed by atoms with Crippen molar-refractivity contribution in [2.45, 2.75) is 19.9 Å². The van der Waals surface area contributed by atoms with Gasteiger partial charge in [-0.1, -0.05) is 54.6 Å². The Morgan fingerprint density at radius 2 is 1.69 bits per heavy atom. The van der Waals surface area contributed by atoms with Crippen molar-refractivity contribution in [3.05, 3.63) is 89.6 Å². The number of nitrogens with two attached hydrogens (primary N) is 1. The first kappa shape index (κ1) is 18.8. The molecule has 2 N–H and O–H groups in total. The Kier molecular flexibility index (Phi) is 5.09. The number of methoxy groups -OCH3 is 1. The molecule has 0 unspecified atom stereocenters. The fourth-order valence-corrected chi connectivity index (χ4v) is 3.91. The van der Waals surface area contributed by atoms with Crippen molar-refractivity contribution in [3.8, 4) is 17.0 Å². The molecule has 0 saturated heterocycles. The summed E-state index contributed by atoms with van der Waals surface area (Å²) in [5.41, 5.74) is 10.3. The standard InChI is InChI=1S/C25H24N2O2/c1-17-22(25(26)28)16-23(21-12-11-18-7-3-4-9-20(18)15-21)27(17)14-13-19-8-5-6-10-24(19)29-2/h3-12,15-16H,13-14H2,1-2H3,(H2,26,28). The average molecular weight is 384 g/mol. The molecule has 0 saturated carbocycles. The number of hydrogen-bond donors (Lipinski definition) is 1. The molecule has 1 aromatic heterocycles. The minimum absolute atomic E-state index is 0.402. The lowest BCUT2D eigenvalue weighted by atomic mass is 10.0. The van der Waals surface area contributed by atoms with Crippen LogP contribution in [0.2, 0.25) is 0 Å². The van der Waals surface area contributed by atoms with Crippen LogP contribution in [0.15, 0.2) is 72.8 Å². The Morgan fingerprint density at radius 1 is 0.966 bits per heavy atom. The van der Waals surface area contributed by atoms with E-state index >= 15 is 0 Å². The summed E-state index contributed by atoms with van der Waals surface area (Å²) >= 11 is 0. The molecule has 4 rings (SSSR count). The van der Waals surface area contributed by atoms with Crippen molar-refractivity contribution in [2.24, 2.45) is 5.73 Å². The van der Waals surface area contributed by atoms with E-state index in [1.165, 1.54) is 10.8 Å². The number of aryl methyl sites for hydroxylation is 1. The van der Waals surface area contributed by atoms with E-state index < -0.39 is 5.91 Å². The highest BCUT2D eigenvalue weighted by molar-refractivity contribution is 5.96. The third-order valence-corrected chi connectivity index (χ3v) is 5.47. The minimum atomic E-state index is -0.402. The predicted octanol–water partition coefficient (Wildman–Crippen LogP) is 4.97. The molecule has 1 amide bonds. The van der Waals surface area contributed by atoms with Gasteiger partial charge in [0.1, 0.15) is 5.75 Å². The number of benzene rings is 3. The summed E-state index contributed by atoms with van der Waals surface area (Å²) < 4.78 is 7.66. The summed E-state index contributed by atoms with van der Waals surface area (Å²) in [7, 11) is 1.69. The lowest BCUT2D eigenvalue weighted by Gasteiger charge is -2.14. The summed E-state index contributed by atoms with van der Waals surface area (Å²) in [6, 6.07) is 24.6. The lowest BCUT2D eigenvalue weighted by Crippen LogP contribution is -2.13. The maximum Gasteiger partial charge on any atom is 0.250 e. The van der Waals surface area contributed by atoms with Gasteiger partial charge in [0.25, 0.3) is 5.91 Å². The number of rotatable bonds is 6. The van der Waals surface area contributed by atoms with Crippen LogP contribution in [-0.4, -0.2) is 17.6 Å². The van der Waals surface area contributed by atoms with E-state index in [2.05, 4.69) is 41.0 Å². The third-order valence-electron chi connectivity index (χ3n) is 5.47. The van der Waals surface area contributed by atoms with Gasteiger partial charge >= 0.3 is 0 Å². The number of para-hydroxylation sites is 1. The van der Waals surface area contributed by atoms with E-state index in [-0.39, 0.29) is 0 Å². The highest BCUT2D eigenvalue weighted by Gasteiger charge is 2.17. The molecule has 0 bridgehead atoms. The molecule has 1 heterocycles. The van der Waals surface area contributed by atoms with Crippen LogP contribution >= 0.6 is 0 Å². The van der Waals surface area contributed by atoms with Crippen LogP contribution < -0.4 is 10.5 Å². The maximum absolute atomic E-state index is 12.0. The molecule has 0 fully saturated rings. The smallest absolute Gasteiger partial charge is 0.250 e. The molecule has 3 aromatic carbocycles. The largest absolute Gasteiger partial charge is 0.496 e. The van der Waals surface area contributed by atoms with Crippen LogP contribution in [0.4, 0.5) is 0 Å². The SMILES string of the molecule is COc1ccccc1CCn1c(-c2ccc3ccccc3c2)cc(C(N)=O)c1C. The number of primary amides is 1. The zero-order valence-electron chi connectivity index (χ0n) is 16.7. The van der Waals surface area contributed by atoms with E-state index in [1.54, 1.807) is 7.11 Å². The van der Waals surface area contributed by atoms with E-state index in [4.69, 9.17) is 10.5 Å². The van der Waals surface area contributed by atoms with Crippen molar-refractivity contribution < 1.29 is 9.53 Å². The molecule has 4 aromatic rings. The average Bonchev–Trinajstić information content (AvgIpc) is 3.08. The van der Waals surface area contributed by atoms with Gasteiger partial charge in [0, 0.05) is 17.9 Å². The van der Waals surface area contributed by atoms with Crippen molar-refractivity contribution in [1.29, 1.82) is 0 Å². The Labute approximate surface area is 170 Å². The maximum atomic E-state index is 12.0. The van der Waals surface area contributed by atoms with Crippen LogP contribution in [0.5, 0.6) is 5.75 Å². The van der Waals surface area contributed by atoms with E-state index in [1.807, 2.05) is 43.3 Å². The zero-order valence-corrected chi connectivity index (χ0v) is 16.7. The normalized spacial score (nSPS) is 11.0. The number of nitrogens with zero attached hydrogens (tertiary/aromatic N) is 1. The van der Waals surface area contributed by atoms with Gasteiger partial charge in [-0.2, -0.15) is 0 Å². The second-order valence-corrected chi connectivity index (χ2v) is 7.17. The number of aromatic nitrogens is 1. The quantitative estimate of drug-likeness (QED) is 0.510. The van der Waals surface area contributed by atoms with Crippen LogP contribution in [0.25, 0.3) is 22.0 Å². The Hall–Kier alpha value is -3.53. The number of hydrogen-bond acceptors (Lipinski definition) is 2. The molecule has 0 spiro atoms. The topological polar surface area (TPSA) is 57.2 Å². The number of carbonyl (C=O) groups excluding carboxylic acids is 1. The predicted molar refractivity (Wildman–Crippen MR) is 117 cm³/mol. The Balaban J connectivity index is 1.77.